The van der Waals surface area contributed by atoms with Gasteiger partial charge in [-0.1, -0.05) is 24.8 Å². The molecule has 0 bridgehead atoms. The summed E-state index contributed by atoms with van der Waals surface area (Å²) in [5.74, 6) is 0.344. The van der Waals surface area contributed by atoms with Gasteiger partial charge < -0.3 is 4.42 Å². The molecule has 0 amide bonds. The van der Waals surface area contributed by atoms with Gasteiger partial charge in [-0.15, -0.1) is 0 Å². The molecule has 1 fully saturated rings. The number of anilines is 1. The molecule has 2 heterocycles. The van der Waals surface area contributed by atoms with Gasteiger partial charge in [-0.25, -0.2) is 18.3 Å². The molecule has 3 rings (SSSR count). The molecule has 0 spiro atoms. The average Bonchev–Trinajstić information content (AvgIpc) is 3.06. The van der Waals surface area contributed by atoms with E-state index in [4.69, 9.17) is 9.25 Å². The maximum absolute atomic E-state index is 12.2. The van der Waals surface area contributed by atoms with E-state index in [1.807, 2.05) is 18.2 Å². The number of hydrogen-bond donors (Lipinski definition) is 0. The summed E-state index contributed by atoms with van der Waals surface area (Å²) >= 11 is 3.18. The molecule has 0 aliphatic carbocycles. The first-order valence-electron chi connectivity index (χ1n) is 7.51. The minimum atomic E-state index is -3.64. The molecule has 1 aromatic carbocycles. The monoisotopic (exact) mass is 425 g/mol. The molecule has 25 heavy (non-hydrogen) atoms. The maximum atomic E-state index is 12.2. The lowest BCUT2D eigenvalue weighted by atomic mass is 10.1. The molecule has 0 saturated carbocycles. The predicted octanol–water partition coefficient (Wildman–Crippen LogP) is 3.48. The first-order chi connectivity index (χ1) is 11.8. The number of benzene rings is 1. The Morgan fingerprint density at radius 2 is 2.00 bits per heavy atom. The topological polar surface area (TPSA) is 76.8 Å². The summed E-state index contributed by atoms with van der Waals surface area (Å²) in [4.78, 5) is 17.7. The van der Waals surface area contributed by atoms with Crippen LogP contribution in [-0.4, -0.2) is 13.9 Å². The van der Waals surface area contributed by atoms with Crippen molar-refractivity contribution in [3.8, 4) is 0 Å². The summed E-state index contributed by atoms with van der Waals surface area (Å²) in [7, 11) is -3.64. The minimum absolute atomic E-state index is 0.118. The van der Waals surface area contributed by atoms with Gasteiger partial charge in [0.25, 0.3) is 0 Å². The third-order valence-electron chi connectivity index (χ3n) is 3.96. The van der Waals surface area contributed by atoms with E-state index in [2.05, 4.69) is 22.5 Å². The van der Waals surface area contributed by atoms with E-state index in [0.717, 1.165) is 5.41 Å². The van der Waals surface area contributed by atoms with Crippen molar-refractivity contribution in [3.63, 3.8) is 0 Å². The molecule has 2 aromatic rings. The maximum Gasteiger partial charge on any atom is 0.350 e. The third kappa shape index (κ3) is 3.42. The highest BCUT2D eigenvalue weighted by Gasteiger charge is 2.42. The van der Waals surface area contributed by atoms with Crippen molar-refractivity contribution in [1.82, 2.24) is 0 Å². The van der Waals surface area contributed by atoms with Gasteiger partial charge >= 0.3 is 5.63 Å². The van der Waals surface area contributed by atoms with Gasteiger partial charge in [-0.05, 0) is 46.6 Å². The first-order valence-corrected chi connectivity index (χ1v) is 9.91. The fourth-order valence-electron chi connectivity index (χ4n) is 2.65. The van der Waals surface area contributed by atoms with Crippen LogP contribution in [-0.2, 0) is 14.7 Å². The summed E-state index contributed by atoms with van der Waals surface area (Å²) < 4.78 is 30.1. The number of sulfone groups is 1. The normalized spacial score (nSPS) is 20.6. The highest BCUT2D eigenvalue weighted by atomic mass is 79.9. The summed E-state index contributed by atoms with van der Waals surface area (Å²) in [6.45, 7) is 5.12. The number of hydrogen-bond acceptors (Lipinski definition) is 6. The molecule has 0 N–H and O–H groups in total. The number of halogens is 1. The molecule has 8 heteroatoms. The molecule has 1 aliphatic rings. The molecule has 6 nitrogen and oxygen atoms in total. The van der Waals surface area contributed by atoms with E-state index >= 15 is 0 Å². The molecule has 132 valence electrons. The summed E-state index contributed by atoms with van der Waals surface area (Å²) in [5, 5.41) is 2.35. The third-order valence-corrected chi connectivity index (χ3v) is 6.39. The van der Waals surface area contributed by atoms with Gasteiger partial charge in [0.1, 0.15) is 16.3 Å². The van der Waals surface area contributed by atoms with Gasteiger partial charge in [0.15, 0.2) is 5.44 Å². The van der Waals surface area contributed by atoms with Gasteiger partial charge in [-0.3, -0.25) is 4.84 Å². The van der Waals surface area contributed by atoms with Gasteiger partial charge in [0.2, 0.25) is 9.84 Å². The van der Waals surface area contributed by atoms with Crippen molar-refractivity contribution in [3.05, 3.63) is 74.6 Å². The van der Waals surface area contributed by atoms with E-state index in [1.165, 1.54) is 5.06 Å². The Bertz CT molecular complexity index is 955. The van der Waals surface area contributed by atoms with Crippen LogP contribution in [0.25, 0.3) is 0 Å². The summed E-state index contributed by atoms with van der Waals surface area (Å²) in [6.07, 6.45) is 0.118. The van der Waals surface area contributed by atoms with Crippen LogP contribution in [0.15, 0.2) is 62.1 Å². The molecule has 0 unspecified atom stereocenters. The van der Waals surface area contributed by atoms with Crippen molar-refractivity contribution in [1.29, 1.82) is 0 Å². The molecular weight excluding hydrogens is 410 g/mol. The fraction of sp³-hybridized carbons (Fsp3) is 0.235. The minimum Gasteiger partial charge on any atom is -0.425 e. The van der Waals surface area contributed by atoms with E-state index in [1.54, 1.807) is 25.1 Å². The Hall–Kier alpha value is -1.90. The molecule has 2 atom stereocenters. The lowest BCUT2D eigenvalue weighted by Gasteiger charge is -2.23. The van der Waals surface area contributed by atoms with Crippen LogP contribution in [0.1, 0.15) is 23.8 Å². The SMILES string of the molecule is C=CS(=O)(=O)[C@H]1C[C@H](c2cc(C)c(Br)c(=O)o2)N(c2ccccc2)O1. The highest BCUT2D eigenvalue weighted by Crippen LogP contribution is 2.40. The smallest absolute Gasteiger partial charge is 0.350 e. The number of nitrogens with zero attached hydrogens (tertiary/aromatic N) is 1. The van der Waals surface area contributed by atoms with E-state index in [0.29, 0.717) is 21.5 Å². The standard InChI is InChI=1S/C17H16BrNO5S/c1-3-25(21,22)15-10-13(14-9-11(2)16(18)17(20)23-14)19(24-15)12-7-5-4-6-8-12/h3-9,13,15H,1,10H2,2H3/t13-,15+/m1/s1. The lowest BCUT2D eigenvalue weighted by molar-refractivity contribution is 0.129. The fourth-order valence-corrected chi connectivity index (χ4v) is 3.73. The zero-order chi connectivity index (χ0) is 18.2. The second kappa shape index (κ2) is 6.78. The van der Waals surface area contributed by atoms with Gasteiger partial charge in [-0.2, -0.15) is 0 Å². The first kappa shape index (κ1) is 17.9. The molecule has 1 saturated heterocycles. The number of aryl methyl sites for hydroxylation is 1. The van der Waals surface area contributed by atoms with E-state index < -0.39 is 26.9 Å². The Morgan fingerprint density at radius 1 is 1.32 bits per heavy atom. The second-order valence-electron chi connectivity index (χ2n) is 5.64. The Balaban J connectivity index is 2.08. The van der Waals surface area contributed by atoms with Crippen molar-refractivity contribution < 1.29 is 17.7 Å². The van der Waals surface area contributed by atoms with Crippen LogP contribution < -0.4 is 10.7 Å². The summed E-state index contributed by atoms with van der Waals surface area (Å²) in [6, 6.07) is 10.2. The predicted molar refractivity (Wildman–Crippen MR) is 97.7 cm³/mol. The molecule has 0 radical (unpaired) electrons. The van der Waals surface area contributed by atoms with Crippen molar-refractivity contribution in [2.24, 2.45) is 0 Å². The Kier molecular flexibility index (Phi) is 4.86. The van der Waals surface area contributed by atoms with Crippen LogP contribution in [0.3, 0.4) is 0 Å². The van der Waals surface area contributed by atoms with E-state index in [9.17, 15) is 13.2 Å². The number of rotatable bonds is 4. The molecule has 1 aromatic heterocycles. The zero-order valence-electron chi connectivity index (χ0n) is 13.4. The lowest BCUT2D eigenvalue weighted by Crippen LogP contribution is -2.24. The largest absolute Gasteiger partial charge is 0.425 e. The quantitative estimate of drug-likeness (QED) is 0.745. The zero-order valence-corrected chi connectivity index (χ0v) is 15.8. The Morgan fingerprint density at radius 3 is 2.60 bits per heavy atom. The van der Waals surface area contributed by atoms with Crippen LogP contribution >= 0.6 is 15.9 Å². The Labute approximate surface area is 153 Å². The van der Waals surface area contributed by atoms with Gasteiger partial charge in [0, 0.05) is 11.8 Å². The number of para-hydroxylation sites is 1. The average molecular weight is 426 g/mol. The number of hydroxylamine groups is 1. The van der Waals surface area contributed by atoms with Crippen LogP contribution in [0.4, 0.5) is 5.69 Å². The van der Waals surface area contributed by atoms with Crippen molar-refractivity contribution >= 4 is 31.5 Å². The van der Waals surface area contributed by atoms with Gasteiger partial charge in [0.05, 0.1) is 5.69 Å². The molecular formula is C17H16BrNO5S. The molecule has 1 aliphatic heterocycles. The second-order valence-corrected chi connectivity index (χ2v) is 8.47. The van der Waals surface area contributed by atoms with Crippen molar-refractivity contribution in [2.75, 3.05) is 5.06 Å². The summed E-state index contributed by atoms with van der Waals surface area (Å²) in [5.41, 5.74) is -0.241. The van der Waals surface area contributed by atoms with Crippen LogP contribution in [0.2, 0.25) is 0 Å². The van der Waals surface area contributed by atoms with Crippen LogP contribution in [0, 0.1) is 6.92 Å². The highest BCUT2D eigenvalue weighted by molar-refractivity contribution is 9.10. The van der Waals surface area contributed by atoms with Crippen molar-refractivity contribution in [2.45, 2.75) is 24.8 Å². The van der Waals surface area contributed by atoms with Crippen LogP contribution in [0.5, 0.6) is 0 Å². The van der Waals surface area contributed by atoms with E-state index in [-0.39, 0.29) is 6.42 Å².